The second-order valence-corrected chi connectivity index (χ2v) is 4.62. The molecule has 1 aromatic carbocycles. The summed E-state index contributed by atoms with van der Waals surface area (Å²) in [6, 6.07) is 7.53. The van der Waals surface area contributed by atoms with Crippen molar-refractivity contribution in [1.29, 1.82) is 0 Å². The smallest absolute Gasteiger partial charge is 0.112 e. The third-order valence-electron chi connectivity index (χ3n) is 2.01. The van der Waals surface area contributed by atoms with E-state index in [0.717, 1.165) is 4.90 Å². The quantitative estimate of drug-likeness (QED) is 0.823. The summed E-state index contributed by atoms with van der Waals surface area (Å²) in [5.74, 6) is 0.496. The molecule has 0 aliphatic heterocycles. The zero-order chi connectivity index (χ0) is 11.4. The predicted molar refractivity (Wildman–Crippen MR) is 63.5 cm³/mol. The zero-order valence-electron chi connectivity index (χ0n) is 8.30. The van der Waals surface area contributed by atoms with E-state index in [1.807, 2.05) is 24.3 Å². The molecule has 2 rings (SSSR count). The Hall–Kier alpha value is -1.04. The largest absolute Gasteiger partial charge is 0.386 e. The van der Waals surface area contributed by atoms with Crippen LogP contribution in [0.25, 0.3) is 0 Å². The molecular formula is C10H10ClN3OS. The van der Waals surface area contributed by atoms with Gasteiger partial charge in [0.15, 0.2) is 0 Å². The van der Waals surface area contributed by atoms with Crippen LogP contribution in [-0.4, -0.2) is 26.3 Å². The standard InChI is InChI=1S/C10H10ClN3OS/c11-7-3-1-2-4-10(7)16-6-9(15)8-5-12-14-13-8/h1-5,9,15H,6H2,(H,12,13,14). The number of thioether (sulfide) groups is 1. The fourth-order valence-corrected chi connectivity index (χ4v) is 2.38. The van der Waals surface area contributed by atoms with Gasteiger partial charge in [0.25, 0.3) is 0 Å². The first-order valence-corrected chi connectivity index (χ1v) is 6.05. The van der Waals surface area contributed by atoms with E-state index in [1.54, 1.807) is 0 Å². The van der Waals surface area contributed by atoms with Gasteiger partial charge in [-0.2, -0.15) is 15.4 Å². The first-order chi connectivity index (χ1) is 7.77. The Balaban J connectivity index is 1.95. The molecule has 4 nitrogen and oxygen atoms in total. The Bertz CT molecular complexity index is 449. The summed E-state index contributed by atoms with van der Waals surface area (Å²) < 4.78 is 0. The molecule has 16 heavy (non-hydrogen) atoms. The minimum atomic E-state index is -0.639. The van der Waals surface area contributed by atoms with Crippen molar-refractivity contribution in [1.82, 2.24) is 15.4 Å². The molecule has 6 heteroatoms. The molecule has 0 aliphatic carbocycles. The van der Waals surface area contributed by atoms with Gasteiger partial charge in [0.05, 0.1) is 11.2 Å². The van der Waals surface area contributed by atoms with E-state index < -0.39 is 6.10 Å². The highest BCUT2D eigenvalue weighted by atomic mass is 35.5. The number of rotatable bonds is 4. The summed E-state index contributed by atoms with van der Waals surface area (Å²) in [5, 5.41) is 20.4. The zero-order valence-corrected chi connectivity index (χ0v) is 9.87. The third-order valence-corrected chi connectivity index (χ3v) is 3.60. The highest BCUT2D eigenvalue weighted by Crippen LogP contribution is 2.29. The molecule has 2 N–H and O–H groups in total. The number of aliphatic hydroxyl groups is 1. The van der Waals surface area contributed by atoms with Crippen LogP contribution in [0.2, 0.25) is 5.02 Å². The van der Waals surface area contributed by atoms with E-state index in [-0.39, 0.29) is 0 Å². The van der Waals surface area contributed by atoms with E-state index in [1.165, 1.54) is 18.0 Å². The summed E-state index contributed by atoms with van der Waals surface area (Å²) in [5.41, 5.74) is 0.541. The maximum atomic E-state index is 9.78. The van der Waals surface area contributed by atoms with Crippen LogP contribution in [0.4, 0.5) is 0 Å². The topological polar surface area (TPSA) is 61.8 Å². The number of benzene rings is 1. The number of aromatic nitrogens is 3. The number of nitrogens with zero attached hydrogens (tertiary/aromatic N) is 2. The van der Waals surface area contributed by atoms with Crippen LogP contribution in [0.15, 0.2) is 35.4 Å². The number of aliphatic hydroxyl groups excluding tert-OH is 1. The first kappa shape index (κ1) is 11.4. The SMILES string of the molecule is OC(CSc1ccccc1Cl)c1cn[nH]n1. The molecule has 0 bridgehead atoms. The lowest BCUT2D eigenvalue weighted by molar-refractivity contribution is 0.199. The fraction of sp³-hybridized carbons (Fsp3) is 0.200. The number of hydrogen-bond donors (Lipinski definition) is 2. The lowest BCUT2D eigenvalue weighted by Crippen LogP contribution is -2.01. The molecular weight excluding hydrogens is 246 g/mol. The highest BCUT2D eigenvalue weighted by Gasteiger charge is 2.11. The predicted octanol–water partition coefficient (Wildman–Crippen LogP) is 2.28. The Morgan fingerprint density at radius 2 is 2.25 bits per heavy atom. The van der Waals surface area contributed by atoms with E-state index in [2.05, 4.69) is 15.4 Å². The van der Waals surface area contributed by atoms with Crippen LogP contribution in [0, 0.1) is 0 Å². The molecule has 0 fully saturated rings. The molecule has 0 aliphatic rings. The molecule has 1 aromatic heterocycles. The van der Waals surface area contributed by atoms with Crippen molar-refractivity contribution >= 4 is 23.4 Å². The molecule has 0 saturated carbocycles. The van der Waals surface area contributed by atoms with Gasteiger partial charge in [0.2, 0.25) is 0 Å². The summed E-state index contributed by atoms with van der Waals surface area (Å²) in [6.45, 7) is 0. The van der Waals surface area contributed by atoms with E-state index in [4.69, 9.17) is 11.6 Å². The molecule has 0 saturated heterocycles. The van der Waals surface area contributed by atoms with Gasteiger partial charge in [-0.05, 0) is 12.1 Å². The number of aromatic amines is 1. The van der Waals surface area contributed by atoms with Crippen molar-refractivity contribution in [2.75, 3.05) is 5.75 Å². The van der Waals surface area contributed by atoms with Crippen molar-refractivity contribution in [3.05, 3.63) is 41.2 Å². The lowest BCUT2D eigenvalue weighted by atomic mass is 10.3. The van der Waals surface area contributed by atoms with Crippen LogP contribution in [0.3, 0.4) is 0 Å². The minimum absolute atomic E-state index is 0.496. The van der Waals surface area contributed by atoms with Gasteiger partial charge >= 0.3 is 0 Å². The Labute approximate surface area is 102 Å². The summed E-state index contributed by atoms with van der Waals surface area (Å²) in [4.78, 5) is 0.951. The molecule has 1 unspecified atom stereocenters. The van der Waals surface area contributed by atoms with Crippen molar-refractivity contribution < 1.29 is 5.11 Å². The Morgan fingerprint density at radius 3 is 2.94 bits per heavy atom. The van der Waals surface area contributed by atoms with E-state index in [0.29, 0.717) is 16.5 Å². The second kappa shape index (κ2) is 5.34. The molecule has 0 spiro atoms. The maximum absolute atomic E-state index is 9.78. The van der Waals surface area contributed by atoms with Crippen LogP contribution in [-0.2, 0) is 0 Å². The van der Waals surface area contributed by atoms with Crippen LogP contribution >= 0.6 is 23.4 Å². The van der Waals surface area contributed by atoms with Crippen LogP contribution in [0.5, 0.6) is 0 Å². The van der Waals surface area contributed by atoms with Crippen molar-refractivity contribution in [3.8, 4) is 0 Å². The summed E-state index contributed by atoms with van der Waals surface area (Å²) in [7, 11) is 0. The van der Waals surface area contributed by atoms with Gasteiger partial charge in [-0.3, -0.25) is 0 Å². The normalized spacial score (nSPS) is 12.6. The molecule has 1 heterocycles. The summed E-state index contributed by atoms with van der Waals surface area (Å²) in [6.07, 6.45) is 0.873. The molecule has 0 amide bonds. The van der Waals surface area contributed by atoms with Crippen LogP contribution < -0.4 is 0 Å². The van der Waals surface area contributed by atoms with Crippen molar-refractivity contribution in [2.45, 2.75) is 11.0 Å². The Morgan fingerprint density at radius 1 is 1.44 bits per heavy atom. The van der Waals surface area contributed by atoms with Crippen molar-refractivity contribution in [2.24, 2.45) is 0 Å². The third kappa shape index (κ3) is 2.75. The first-order valence-electron chi connectivity index (χ1n) is 4.68. The van der Waals surface area contributed by atoms with Crippen molar-refractivity contribution in [3.63, 3.8) is 0 Å². The Kier molecular flexibility index (Phi) is 3.82. The molecule has 84 valence electrons. The lowest BCUT2D eigenvalue weighted by Gasteiger charge is -2.07. The van der Waals surface area contributed by atoms with Gasteiger partial charge < -0.3 is 5.11 Å². The maximum Gasteiger partial charge on any atom is 0.112 e. The average molecular weight is 256 g/mol. The average Bonchev–Trinajstić information content (AvgIpc) is 2.81. The van der Waals surface area contributed by atoms with E-state index >= 15 is 0 Å². The van der Waals surface area contributed by atoms with Gasteiger partial charge in [-0.15, -0.1) is 11.8 Å². The summed E-state index contributed by atoms with van der Waals surface area (Å²) >= 11 is 7.49. The van der Waals surface area contributed by atoms with Crippen LogP contribution in [0.1, 0.15) is 11.8 Å². The highest BCUT2D eigenvalue weighted by molar-refractivity contribution is 7.99. The van der Waals surface area contributed by atoms with Gasteiger partial charge in [-0.1, -0.05) is 23.7 Å². The second-order valence-electron chi connectivity index (χ2n) is 3.15. The molecule has 2 aromatic rings. The van der Waals surface area contributed by atoms with Gasteiger partial charge in [0, 0.05) is 10.6 Å². The number of nitrogens with one attached hydrogen (secondary N) is 1. The molecule has 1 atom stereocenters. The fourth-order valence-electron chi connectivity index (χ4n) is 1.19. The van der Waals surface area contributed by atoms with E-state index in [9.17, 15) is 5.11 Å². The minimum Gasteiger partial charge on any atom is -0.386 e. The van der Waals surface area contributed by atoms with Gasteiger partial charge in [0.1, 0.15) is 11.8 Å². The number of H-pyrrole nitrogens is 1. The monoisotopic (exact) mass is 255 g/mol. The van der Waals surface area contributed by atoms with Gasteiger partial charge in [-0.25, -0.2) is 0 Å². The number of hydrogen-bond acceptors (Lipinski definition) is 4. The molecule has 0 radical (unpaired) electrons. The number of halogens is 1.